The average Bonchev–Trinajstić information content (AvgIpc) is 2.67. The van der Waals surface area contributed by atoms with Crippen molar-refractivity contribution in [3.8, 4) is 11.4 Å². The van der Waals surface area contributed by atoms with E-state index in [9.17, 15) is 13.2 Å². The van der Waals surface area contributed by atoms with E-state index < -0.39 is 11.7 Å². The fourth-order valence-electron chi connectivity index (χ4n) is 1.13. The molecule has 0 aliphatic heterocycles. The Bertz CT molecular complexity index is 450. The molecule has 0 aliphatic rings. The van der Waals surface area contributed by atoms with Crippen molar-refractivity contribution in [1.82, 2.24) is 10.1 Å². The summed E-state index contributed by atoms with van der Waals surface area (Å²) in [6.45, 7) is 0. The third-order valence-electron chi connectivity index (χ3n) is 1.78. The molecule has 0 spiro atoms. The summed E-state index contributed by atoms with van der Waals surface area (Å²) in [5, 5.41) is 3.30. The van der Waals surface area contributed by atoms with Gasteiger partial charge in [-0.25, -0.2) is 0 Å². The maximum absolute atomic E-state index is 12.4. The van der Waals surface area contributed by atoms with Gasteiger partial charge in [-0.3, -0.25) is 4.98 Å². The number of rotatable bonds is 1. The molecule has 0 saturated carbocycles. The first-order chi connectivity index (χ1) is 7.09. The fourth-order valence-corrected chi connectivity index (χ4v) is 1.13. The fraction of sp³-hybridized carbons (Fsp3) is 0.111. The molecule has 0 amide bonds. The Hall–Kier alpha value is -1.85. The van der Waals surface area contributed by atoms with Crippen LogP contribution < -0.4 is 0 Å². The van der Waals surface area contributed by atoms with Crippen molar-refractivity contribution >= 4 is 0 Å². The second kappa shape index (κ2) is 3.38. The van der Waals surface area contributed by atoms with E-state index >= 15 is 0 Å². The lowest BCUT2D eigenvalue weighted by molar-refractivity contribution is -0.137. The number of hydrogen-bond acceptors (Lipinski definition) is 3. The minimum absolute atomic E-state index is 0.138. The normalized spacial score (nSPS) is 11.7. The van der Waals surface area contributed by atoms with E-state index in [2.05, 4.69) is 14.7 Å². The summed E-state index contributed by atoms with van der Waals surface area (Å²) in [6.07, 6.45) is -2.51. The van der Waals surface area contributed by atoms with Crippen molar-refractivity contribution in [3.05, 3.63) is 36.2 Å². The molecule has 2 rings (SSSR count). The van der Waals surface area contributed by atoms with Crippen LogP contribution in [0.4, 0.5) is 13.2 Å². The molecule has 15 heavy (non-hydrogen) atoms. The summed E-state index contributed by atoms with van der Waals surface area (Å²) < 4.78 is 41.6. The highest BCUT2D eigenvalue weighted by molar-refractivity contribution is 5.58. The van der Waals surface area contributed by atoms with Crippen LogP contribution in [0.3, 0.4) is 0 Å². The van der Waals surface area contributed by atoms with Crippen LogP contribution in [0.15, 0.2) is 35.2 Å². The summed E-state index contributed by atoms with van der Waals surface area (Å²) in [7, 11) is 0. The predicted octanol–water partition coefficient (Wildman–Crippen LogP) is 2.76. The summed E-state index contributed by atoms with van der Waals surface area (Å²) in [5.41, 5.74) is -1.07. The van der Waals surface area contributed by atoms with Gasteiger partial charge in [-0.15, -0.1) is 0 Å². The Labute approximate surface area is 82.5 Å². The minimum Gasteiger partial charge on any atom is -0.363 e. The molecule has 0 radical (unpaired) electrons. The largest absolute Gasteiger partial charge is 0.421 e. The van der Waals surface area contributed by atoms with E-state index in [1.54, 1.807) is 12.1 Å². The molecular weight excluding hydrogens is 209 g/mol. The molecule has 0 bridgehead atoms. The Morgan fingerprint density at radius 3 is 2.60 bits per heavy atom. The van der Waals surface area contributed by atoms with Gasteiger partial charge in [-0.05, 0) is 12.1 Å². The molecule has 0 aromatic carbocycles. The first kappa shape index (κ1) is 9.70. The lowest BCUT2D eigenvalue weighted by Crippen LogP contribution is -2.05. The van der Waals surface area contributed by atoms with Gasteiger partial charge in [0, 0.05) is 6.20 Å². The van der Waals surface area contributed by atoms with Gasteiger partial charge in [-0.2, -0.15) is 13.2 Å². The molecule has 2 heterocycles. The monoisotopic (exact) mass is 214 g/mol. The van der Waals surface area contributed by atoms with Gasteiger partial charge in [0.1, 0.15) is 17.5 Å². The Kier molecular flexibility index (Phi) is 2.18. The SMILES string of the molecule is FC(F)(F)c1conc1-c1ccccn1. The molecule has 0 N–H and O–H groups in total. The second-order valence-electron chi connectivity index (χ2n) is 2.79. The third kappa shape index (κ3) is 1.83. The van der Waals surface area contributed by atoms with Crippen LogP contribution in [-0.2, 0) is 6.18 Å². The van der Waals surface area contributed by atoms with Gasteiger partial charge in [0.05, 0.1) is 5.69 Å². The predicted molar refractivity (Wildman–Crippen MR) is 44.7 cm³/mol. The van der Waals surface area contributed by atoms with Crippen molar-refractivity contribution in [2.24, 2.45) is 0 Å². The molecule has 0 aliphatic carbocycles. The number of hydrogen-bond donors (Lipinski definition) is 0. The second-order valence-corrected chi connectivity index (χ2v) is 2.79. The topological polar surface area (TPSA) is 38.9 Å². The molecule has 3 nitrogen and oxygen atoms in total. The molecule has 2 aromatic heterocycles. The summed E-state index contributed by atoms with van der Waals surface area (Å²) in [6, 6.07) is 4.63. The quantitative estimate of drug-likeness (QED) is 0.732. The van der Waals surface area contributed by atoms with Crippen molar-refractivity contribution in [3.63, 3.8) is 0 Å². The molecule has 0 saturated heterocycles. The number of halogens is 3. The highest BCUT2D eigenvalue weighted by atomic mass is 19.4. The van der Waals surface area contributed by atoms with E-state index in [1.807, 2.05) is 0 Å². The van der Waals surface area contributed by atoms with E-state index in [4.69, 9.17) is 0 Å². The van der Waals surface area contributed by atoms with E-state index in [0.717, 1.165) is 0 Å². The van der Waals surface area contributed by atoms with Gasteiger partial charge in [-0.1, -0.05) is 11.2 Å². The van der Waals surface area contributed by atoms with Gasteiger partial charge >= 0.3 is 6.18 Å². The Balaban J connectivity index is 2.51. The van der Waals surface area contributed by atoms with Gasteiger partial charge < -0.3 is 4.52 Å². The lowest BCUT2D eigenvalue weighted by Gasteiger charge is -2.03. The number of alkyl halides is 3. The van der Waals surface area contributed by atoms with Crippen LogP contribution in [0.25, 0.3) is 11.4 Å². The maximum Gasteiger partial charge on any atom is 0.421 e. The first-order valence-electron chi connectivity index (χ1n) is 4.02. The van der Waals surface area contributed by atoms with Crippen molar-refractivity contribution in [2.45, 2.75) is 6.18 Å². The van der Waals surface area contributed by atoms with E-state index in [0.29, 0.717) is 6.26 Å². The zero-order valence-corrected chi connectivity index (χ0v) is 7.32. The minimum atomic E-state index is -4.48. The van der Waals surface area contributed by atoms with Crippen LogP contribution in [0.2, 0.25) is 0 Å². The van der Waals surface area contributed by atoms with Crippen LogP contribution >= 0.6 is 0 Å². The standard InChI is InChI=1S/C9H5F3N2O/c10-9(11,12)6-5-15-14-8(6)7-3-1-2-4-13-7/h1-5H. The van der Waals surface area contributed by atoms with E-state index in [-0.39, 0.29) is 11.4 Å². The van der Waals surface area contributed by atoms with Gasteiger partial charge in [0.15, 0.2) is 0 Å². The average molecular weight is 214 g/mol. The van der Waals surface area contributed by atoms with Gasteiger partial charge in [0.25, 0.3) is 0 Å². The maximum atomic E-state index is 12.4. The Morgan fingerprint density at radius 2 is 2.00 bits per heavy atom. The molecule has 0 atom stereocenters. The lowest BCUT2D eigenvalue weighted by atomic mass is 10.2. The molecule has 78 valence electrons. The summed E-state index contributed by atoms with van der Waals surface area (Å²) in [5.74, 6) is 0. The molecule has 6 heteroatoms. The molecule has 2 aromatic rings. The van der Waals surface area contributed by atoms with Crippen LogP contribution in [0, 0.1) is 0 Å². The molecule has 0 unspecified atom stereocenters. The van der Waals surface area contributed by atoms with Crippen LogP contribution in [0.5, 0.6) is 0 Å². The highest BCUT2D eigenvalue weighted by Crippen LogP contribution is 2.35. The van der Waals surface area contributed by atoms with Crippen LogP contribution in [-0.4, -0.2) is 10.1 Å². The number of nitrogens with zero attached hydrogens (tertiary/aromatic N) is 2. The van der Waals surface area contributed by atoms with Gasteiger partial charge in [0.2, 0.25) is 0 Å². The summed E-state index contributed by atoms with van der Waals surface area (Å²) >= 11 is 0. The molecular formula is C9H5F3N2O. The smallest absolute Gasteiger partial charge is 0.363 e. The first-order valence-corrected chi connectivity index (χ1v) is 4.02. The third-order valence-corrected chi connectivity index (χ3v) is 1.78. The Morgan fingerprint density at radius 1 is 1.20 bits per heavy atom. The van der Waals surface area contributed by atoms with Crippen molar-refractivity contribution in [2.75, 3.05) is 0 Å². The van der Waals surface area contributed by atoms with Crippen molar-refractivity contribution < 1.29 is 17.7 Å². The highest BCUT2D eigenvalue weighted by Gasteiger charge is 2.37. The zero-order chi connectivity index (χ0) is 10.9. The molecule has 0 fully saturated rings. The summed E-state index contributed by atoms with van der Waals surface area (Å²) in [4.78, 5) is 3.77. The number of pyridine rings is 1. The number of aromatic nitrogens is 2. The van der Waals surface area contributed by atoms with Crippen LogP contribution in [0.1, 0.15) is 5.56 Å². The van der Waals surface area contributed by atoms with Crippen molar-refractivity contribution in [1.29, 1.82) is 0 Å². The zero-order valence-electron chi connectivity index (χ0n) is 7.32. The van der Waals surface area contributed by atoms with E-state index in [1.165, 1.54) is 12.3 Å².